The van der Waals surface area contributed by atoms with E-state index in [4.69, 9.17) is 4.98 Å². The molecule has 10 nitrogen and oxygen atoms in total. The van der Waals surface area contributed by atoms with Gasteiger partial charge in [-0.3, -0.25) is 4.57 Å². The summed E-state index contributed by atoms with van der Waals surface area (Å²) in [7, 11) is 0. The second-order valence-electron chi connectivity index (χ2n) is 7.80. The molecule has 0 atom stereocenters. The van der Waals surface area contributed by atoms with Crippen molar-refractivity contribution in [3.63, 3.8) is 0 Å². The number of nitriles is 1. The van der Waals surface area contributed by atoms with Gasteiger partial charge in [-0.25, -0.2) is 14.6 Å². The number of aliphatic hydroxyl groups is 1. The molecule has 168 valence electrons. The zero-order chi connectivity index (χ0) is 23.7. The highest BCUT2D eigenvalue weighted by molar-refractivity contribution is 5.82. The first-order valence-electron chi connectivity index (χ1n) is 10.7. The van der Waals surface area contributed by atoms with E-state index in [-0.39, 0.29) is 6.61 Å². The van der Waals surface area contributed by atoms with Crippen molar-refractivity contribution in [1.29, 1.82) is 5.26 Å². The Balaban J connectivity index is 1.53. The van der Waals surface area contributed by atoms with E-state index < -0.39 is 0 Å². The molecule has 4 heterocycles. The number of benzene rings is 1. The molecule has 0 aliphatic heterocycles. The number of pyridine rings is 1. The van der Waals surface area contributed by atoms with Gasteiger partial charge in [0.1, 0.15) is 18.2 Å². The van der Waals surface area contributed by atoms with Crippen molar-refractivity contribution >= 4 is 22.5 Å². The highest BCUT2D eigenvalue weighted by atomic mass is 16.3. The zero-order valence-corrected chi connectivity index (χ0v) is 18.6. The molecule has 34 heavy (non-hydrogen) atoms. The van der Waals surface area contributed by atoms with Crippen LogP contribution in [-0.2, 0) is 6.42 Å². The van der Waals surface area contributed by atoms with Gasteiger partial charge >= 0.3 is 0 Å². The Bertz CT molecular complexity index is 1530. The third-order valence-electron chi connectivity index (χ3n) is 5.52. The molecule has 0 amide bonds. The van der Waals surface area contributed by atoms with E-state index in [1.165, 1.54) is 6.20 Å². The monoisotopic (exact) mass is 451 g/mol. The molecule has 0 spiro atoms. The number of fused-ring (bicyclic) bond motifs is 1. The van der Waals surface area contributed by atoms with Gasteiger partial charge in [-0.1, -0.05) is 6.07 Å². The number of aryl methyl sites for hydroxylation is 1. The minimum Gasteiger partial charge on any atom is -0.396 e. The summed E-state index contributed by atoms with van der Waals surface area (Å²) < 4.78 is 3.53. The molecule has 5 aromatic rings. The topological polar surface area (TPSA) is 130 Å². The molecular formula is C24H21N9O. The van der Waals surface area contributed by atoms with E-state index >= 15 is 0 Å². The number of aromatic nitrogens is 7. The highest BCUT2D eigenvalue weighted by Crippen LogP contribution is 2.25. The van der Waals surface area contributed by atoms with E-state index in [9.17, 15) is 10.4 Å². The number of hydrogen-bond donors (Lipinski definition) is 2. The summed E-state index contributed by atoms with van der Waals surface area (Å²) in [6, 6.07) is 15.5. The number of hydrogen-bond acceptors (Lipinski definition) is 8. The van der Waals surface area contributed by atoms with E-state index in [0.717, 1.165) is 28.0 Å². The van der Waals surface area contributed by atoms with Crippen LogP contribution in [0.3, 0.4) is 0 Å². The molecule has 0 bridgehead atoms. The molecule has 0 saturated carbocycles. The minimum atomic E-state index is -0.0193. The van der Waals surface area contributed by atoms with Crippen molar-refractivity contribution in [3.05, 3.63) is 77.5 Å². The Labute approximate surface area is 195 Å². The van der Waals surface area contributed by atoms with E-state index in [0.29, 0.717) is 35.1 Å². The molecule has 0 fully saturated rings. The second-order valence-corrected chi connectivity index (χ2v) is 7.80. The van der Waals surface area contributed by atoms with Crippen LogP contribution in [0.1, 0.15) is 22.5 Å². The van der Waals surface area contributed by atoms with Crippen LogP contribution < -0.4 is 5.32 Å². The lowest BCUT2D eigenvalue weighted by atomic mass is 10.2. The van der Waals surface area contributed by atoms with Crippen LogP contribution in [0.4, 0.5) is 11.5 Å². The number of aliphatic hydroxyl groups excluding tert-OH is 1. The van der Waals surface area contributed by atoms with E-state index in [1.54, 1.807) is 11.0 Å². The molecule has 0 radical (unpaired) electrons. The van der Waals surface area contributed by atoms with Gasteiger partial charge in [-0.15, -0.1) is 5.10 Å². The summed E-state index contributed by atoms with van der Waals surface area (Å²) in [5.74, 6) is 1.88. The molecule has 4 aromatic heterocycles. The van der Waals surface area contributed by atoms with Crippen molar-refractivity contribution in [2.75, 3.05) is 11.9 Å². The minimum absolute atomic E-state index is 0.0193. The molecule has 2 N–H and O–H groups in total. The Morgan fingerprint density at radius 2 is 1.97 bits per heavy atom. The average molecular weight is 451 g/mol. The molecule has 0 aliphatic carbocycles. The first-order chi connectivity index (χ1) is 16.6. The molecular weight excluding hydrogens is 430 g/mol. The standard InChI is InChI=1S/C24H21N9O/c1-15-3-7-22(31-30-15)28-19-5-6-21-20(11-19)26-14-32(21)23-8-4-17(9-10-34)24(29-23)33-16(2)18(12-25)13-27-33/h3-8,11,13-14,34H,9-10H2,1-2H3,(H,28,31). The third-order valence-corrected chi connectivity index (χ3v) is 5.52. The van der Waals surface area contributed by atoms with Gasteiger partial charge in [-0.05, 0) is 62.2 Å². The maximum absolute atomic E-state index is 9.51. The number of rotatable bonds is 6. The smallest absolute Gasteiger partial charge is 0.159 e. The summed E-state index contributed by atoms with van der Waals surface area (Å²) in [5.41, 5.74) is 5.37. The summed E-state index contributed by atoms with van der Waals surface area (Å²) in [6.45, 7) is 3.69. The fourth-order valence-electron chi connectivity index (χ4n) is 3.72. The fraction of sp³-hybridized carbons (Fsp3) is 0.167. The number of anilines is 2. The Hall–Kier alpha value is -4.62. The highest BCUT2D eigenvalue weighted by Gasteiger charge is 2.15. The van der Waals surface area contributed by atoms with Crippen molar-refractivity contribution in [2.24, 2.45) is 0 Å². The summed E-state index contributed by atoms with van der Waals surface area (Å²) >= 11 is 0. The van der Waals surface area contributed by atoms with Crippen LogP contribution in [0.25, 0.3) is 22.7 Å². The third kappa shape index (κ3) is 3.85. The van der Waals surface area contributed by atoms with Gasteiger partial charge in [0.25, 0.3) is 0 Å². The van der Waals surface area contributed by atoms with Crippen LogP contribution in [-0.4, -0.2) is 46.2 Å². The van der Waals surface area contributed by atoms with Gasteiger partial charge < -0.3 is 10.4 Å². The normalized spacial score (nSPS) is 11.0. The zero-order valence-electron chi connectivity index (χ0n) is 18.6. The SMILES string of the molecule is Cc1ccc(Nc2ccc3c(c2)ncn3-c2ccc(CCO)c(-n3ncc(C#N)c3C)n2)nn1. The quantitative estimate of drug-likeness (QED) is 0.403. The second kappa shape index (κ2) is 8.73. The maximum Gasteiger partial charge on any atom is 0.159 e. The fourth-order valence-corrected chi connectivity index (χ4v) is 3.72. The summed E-state index contributed by atoms with van der Waals surface area (Å²) in [4.78, 5) is 9.38. The number of nitrogens with one attached hydrogen (secondary N) is 1. The van der Waals surface area contributed by atoms with E-state index in [2.05, 4.69) is 31.7 Å². The summed E-state index contributed by atoms with van der Waals surface area (Å²) in [5, 5.41) is 34.6. The summed E-state index contributed by atoms with van der Waals surface area (Å²) in [6.07, 6.45) is 3.66. The largest absolute Gasteiger partial charge is 0.396 e. The molecule has 0 unspecified atom stereocenters. The van der Waals surface area contributed by atoms with Crippen LogP contribution in [0.2, 0.25) is 0 Å². The molecule has 10 heteroatoms. The number of nitrogens with zero attached hydrogens (tertiary/aromatic N) is 8. The van der Waals surface area contributed by atoms with Gasteiger partial charge in [-0.2, -0.15) is 15.5 Å². The van der Waals surface area contributed by atoms with Crippen LogP contribution in [0.5, 0.6) is 0 Å². The molecule has 1 aromatic carbocycles. The van der Waals surface area contributed by atoms with Gasteiger partial charge in [0.2, 0.25) is 0 Å². The molecule has 5 rings (SSSR count). The van der Waals surface area contributed by atoms with Crippen LogP contribution in [0.15, 0.2) is 55.0 Å². The first kappa shape index (κ1) is 21.2. The lowest BCUT2D eigenvalue weighted by molar-refractivity contribution is 0.299. The van der Waals surface area contributed by atoms with E-state index in [1.807, 2.05) is 60.9 Å². The molecule has 0 saturated heterocycles. The molecule has 0 aliphatic rings. The van der Waals surface area contributed by atoms with Gasteiger partial charge in [0, 0.05) is 12.3 Å². The van der Waals surface area contributed by atoms with Gasteiger partial charge in [0.15, 0.2) is 11.6 Å². The van der Waals surface area contributed by atoms with Crippen molar-refractivity contribution in [2.45, 2.75) is 20.3 Å². The first-order valence-corrected chi connectivity index (χ1v) is 10.7. The van der Waals surface area contributed by atoms with Crippen molar-refractivity contribution in [1.82, 2.24) is 34.5 Å². The Kier molecular flexibility index (Phi) is 5.45. The maximum atomic E-state index is 9.51. The van der Waals surface area contributed by atoms with Crippen molar-refractivity contribution < 1.29 is 5.11 Å². The Morgan fingerprint density at radius 3 is 2.71 bits per heavy atom. The lowest BCUT2D eigenvalue weighted by Crippen LogP contribution is -2.10. The van der Waals surface area contributed by atoms with Crippen molar-refractivity contribution in [3.8, 4) is 17.7 Å². The predicted octanol–water partition coefficient (Wildman–Crippen LogP) is 3.16. The van der Waals surface area contributed by atoms with Crippen LogP contribution >= 0.6 is 0 Å². The van der Waals surface area contributed by atoms with Gasteiger partial charge in [0.05, 0.1) is 34.2 Å². The van der Waals surface area contributed by atoms with Crippen LogP contribution in [0, 0.1) is 25.2 Å². The lowest BCUT2D eigenvalue weighted by Gasteiger charge is -2.13. The number of imidazole rings is 1. The Morgan fingerprint density at radius 1 is 1.09 bits per heavy atom. The average Bonchev–Trinajstić information content (AvgIpc) is 3.44. The predicted molar refractivity (Wildman–Crippen MR) is 126 cm³/mol.